The van der Waals surface area contributed by atoms with Gasteiger partial charge in [0.15, 0.2) is 0 Å². The summed E-state index contributed by atoms with van der Waals surface area (Å²) < 4.78 is 0. The molecular formula is C14H27N3O2. The summed E-state index contributed by atoms with van der Waals surface area (Å²) >= 11 is 0. The summed E-state index contributed by atoms with van der Waals surface area (Å²) in [5.41, 5.74) is 0. The lowest BCUT2D eigenvalue weighted by Gasteiger charge is -2.37. The fourth-order valence-corrected chi connectivity index (χ4v) is 2.79. The van der Waals surface area contributed by atoms with Crippen LogP contribution in [0.2, 0.25) is 0 Å². The molecule has 3 unspecified atom stereocenters. The van der Waals surface area contributed by atoms with E-state index in [-0.39, 0.29) is 12.7 Å². The zero-order valence-electron chi connectivity index (χ0n) is 11.9. The van der Waals surface area contributed by atoms with Crippen LogP contribution in [0.4, 0.5) is 0 Å². The standard InChI is InChI=1S/C14H27N3O2/c1-2-14(19)9-12-8-13(16-5-3-7-18)11-17(10-12)6-4-15/h12-14,16,18-19H,2-3,5-11H2,1H3. The Balaban J connectivity index is 2.45. The SMILES string of the molecule is CCC(O)CC1CC(NCCCO)CN(CC#N)C1. The summed E-state index contributed by atoms with van der Waals surface area (Å²) in [5.74, 6) is 0.448. The van der Waals surface area contributed by atoms with Crippen LogP contribution in [-0.4, -0.2) is 60.0 Å². The Hall–Kier alpha value is -0.670. The molecule has 0 aliphatic carbocycles. The number of aliphatic hydroxyl groups excluding tert-OH is 2. The Kier molecular flexibility index (Phi) is 7.99. The maximum absolute atomic E-state index is 9.79. The van der Waals surface area contributed by atoms with E-state index in [9.17, 15) is 5.11 Å². The van der Waals surface area contributed by atoms with Crippen molar-refractivity contribution in [2.45, 2.75) is 44.8 Å². The fraction of sp³-hybridized carbons (Fsp3) is 0.929. The minimum absolute atomic E-state index is 0.208. The first kappa shape index (κ1) is 16.4. The molecule has 1 aliphatic heterocycles. The predicted octanol–water partition coefficient (Wildman–Crippen LogP) is 0.333. The van der Waals surface area contributed by atoms with Gasteiger partial charge in [0, 0.05) is 25.7 Å². The van der Waals surface area contributed by atoms with Gasteiger partial charge in [0.2, 0.25) is 0 Å². The third-order valence-electron chi connectivity index (χ3n) is 3.75. The lowest BCUT2D eigenvalue weighted by molar-refractivity contribution is 0.0893. The van der Waals surface area contributed by atoms with E-state index in [0.29, 0.717) is 18.5 Å². The van der Waals surface area contributed by atoms with Gasteiger partial charge in [0.1, 0.15) is 0 Å². The molecule has 1 heterocycles. The van der Waals surface area contributed by atoms with Crippen LogP contribution in [0.1, 0.15) is 32.6 Å². The van der Waals surface area contributed by atoms with E-state index in [1.807, 2.05) is 6.92 Å². The molecule has 0 bridgehead atoms. The van der Waals surface area contributed by atoms with Crippen LogP contribution < -0.4 is 5.32 Å². The van der Waals surface area contributed by atoms with Crippen molar-refractivity contribution in [2.24, 2.45) is 5.92 Å². The number of aliphatic hydroxyl groups is 2. The maximum Gasteiger partial charge on any atom is 0.0866 e. The Morgan fingerprint density at radius 2 is 2.26 bits per heavy atom. The Bertz CT molecular complexity index is 280. The molecule has 0 aromatic heterocycles. The summed E-state index contributed by atoms with van der Waals surface area (Å²) in [4.78, 5) is 2.16. The Morgan fingerprint density at radius 3 is 2.89 bits per heavy atom. The van der Waals surface area contributed by atoms with Crippen LogP contribution in [0.15, 0.2) is 0 Å². The predicted molar refractivity (Wildman–Crippen MR) is 74.6 cm³/mol. The first-order chi connectivity index (χ1) is 9.19. The molecule has 5 nitrogen and oxygen atoms in total. The van der Waals surface area contributed by atoms with Crippen molar-refractivity contribution in [3.63, 3.8) is 0 Å². The summed E-state index contributed by atoms with van der Waals surface area (Å²) in [6, 6.07) is 2.57. The Morgan fingerprint density at radius 1 is 1.47 bits per heavy atom. The van der Waals surface area contributed by atoms with E-state index in [4.69, 9.17) is 10.4 Å². The molecule has 0 spiro atoms. The molecule has 110 valence electrons. The van der Waals surface area contributed by atoms with Crippen molar-refractivity contribution in [3.8, 4) is 6.07 Å². The normalized spacial score (nSPS) is 26.0. The molecule has 0 saturated carbocycles. The van der Waals surface area contributed by atoms with Crippen molar-refractivity contribution in [3.05, 3.63) is 0 Å². The van der Waals surface area contributed by atoms with Gasteiger partial charge in [0.25, 0.3) is 0 Å². The highest BCUT2D eigenvalue weighted by Gasteiger charge is 2.27. The van der Waals surface area contributed by atoms with Gasteiger partial charge in [-0.05, 0) is 38.1 Å². The number of hydrogen-bond acceptors (Lipinski definition) is 5. The number of nitrogens with one attached hydrogen (secondary N) is 1. The molecule has 0 radical (unpaired) electrons. The fourth-order valence-electron chi connectivity index (χ4n) is 2.79. The van der Waals surface area contributed by atoms with Gasteiger partial charge in [-0.1, -0.05) is 6.92 Å². The van der Waals surface area contributed by atoms with E-state index < -0.39 is 0 Å². The zero-order chi connectivity index (χ0) is 14.1. The van der Waals surface area contributed by atoms with Gasteiger partial charge in [-0.25, -0.2) is 0 Å². The quantitative estimate of drug-likeness (QED) is 0.437. The number of hydrogen-bond donors (Lipinski definition) is 3. The van der Waals surface area contributed by atoms with Gasteiger partial charge in [-0.3, -0.25) is 4.90 Å². The van der Waals surface area contributed by atoms with Crippen molar-refractivity contribution < 1.29 is 10.2 Å². The molecule has 19 heavy (non-hydrogen) atoms. The largest absolute Gasteiger partial charge is 0.396 e. The summed E-state index contributed by atoms with van der Waals surface area (Å²) in [6.45, 7) is 5.26. The van der Waals surface area contributed by atoms with Crippen LogP contribution in [0.25, 0.3) is 0 Å². The molecule has 3 atom stereocenters. The highest BCUT2D eigenvalue weighted by molar-refractivity contribution is 4.88. The molecule has 0 aromatic rings. The van der Waals surface area contributed by atoms with Gasteiger partial charge >= 0.3 is 0 Å². The molecule has 0 aromatic carbocycles. The second-order valence-corrected chi connectivity index (χ2v) is 5.48. The highest BCUT2D eigenvalue weighted by Crippen LogP contribution is 2.22. The first-order valence-corrected chi connectivity index (χ1v) is 7.31. The number of nitriles is 1. The average molecular weight is 269 g/mol. The molecule has 1 saturated heterocycles. The summed E-state index contributed by atoms with van der Waals surface area (Å²) in [5, 5.41) is 30.9. The topological polar surface area (TPSA) is 79.5 Å². The van der Waals surface area contributed by atoms with Crippen molar-refractivity contribution in [1.82, 2.24) is 10.2 Å². The summed E-state index contributed by atoms with van der Waals surface area (Å²) in [7, 11) is 0. The van der Waals surface area contributed by atoms with Gasteiger partial charge in [-0.2, -0.15) is 5.26 Å². The second kappa shape index (κ2) is 9.27. The molecule has 5 heteroatoms. The molecule has 0 amide bonds. The lowest BCUT2D eigenvalue weighted by Crippen LogP contribution is -2.50. The van der Waals surface area contributed by atoms with E-state index in [2.05, 4.69) is 16.3 Å². The van der Waals surface area contributed by atoms with Crippen molar-refractivity contribution in [1.29, 1.82) is 5.26 Å². The Labute approximate surface area is 116 Å². The minimum Gasteiger partial charge on any atom is -0.396 e. The molecule has 1 rings (SSSR count). The number of piperidine rings is 1. The minimum atomic E-state index is -0.231. The van der Waals surface area contributed by atoms with E-state index >= 15 is 0 Å². The lowest BCUT2D eigenvalue weighted by atomic mass is 9.89. The van der Waals surface area contributed by atoms with Crippen LogP contribution >= 0.6 is 0 Å². The van der Waals surface area contributed by atoms with Crippen LogP contribution in [0, 0.1) is 17.2 Å². The monoisotopic (exact) mass is 269 g/mol. The van der Waals surface area contributed by atoms with Crippen molar-refractivity contribution >= 4 is 0 Å². The van der Waals surface area contributed by atoms with Gasteiger partial charge in [-0.15, -0.1) is 0 Å². The molecule has 1 aliphatic rings. The number of rotatable bonds is 8. The van der Waals surface area contributed by atoms with Gasteiger partial charge in [0.05, 0.1) is 18.7 Å². The highest BCUT2D eigenvalue weighted by atomic mass is 16.3. The van der Waals surface area contributed by atoms with E-state index in [0.717, 1.165) is 45.3 Å². The molecule has 3 N–H and O–H groups in total. The molecular weight excluding hydrogens is 242 g/mol. The smallest absolute Gasteiger partial charge is 0.0866 e. The first-order valence-electron chi connectivity index (χ1n) is 7.31. The summed E-state index contributed by atoms with van der Waals surface area (Å²) in [6.07, 6.45) is 3.18. The maximum atomic E-state index is 9.79. The number of nitrogens with zero attached hydrogens (tertiary/aromatic N) is 2. The van der Waals surface area contributed by atoms with E-state index in [1.165, 1.54) is 0 Å². The van der Waals surface area contributed by atoms with Crippen LogP contribution in [-0.2, 0) is 0 Å². The van der Waals surface area contributed by atoms with Gasteiger partial charge < -0.3 is 15.5 Å². The third kappa shape index (κ3) is 6.35. The van der Waals surface area contributed by atoms with Crippen molar-refractivity contribution in [2.75, 3.05) is 32.8 Å². The van der Waals surface area contributed by atoms with Crippen LogP contribution in [0.3, 0.4) is 0 Å². The van der Waals surface area contributed by atoms with E-state index in [1.54, 1.807) is 0 Å². The second-order valence-electron chi connectivity index (χ2n) is 5.48. The zero-order valence-corrected chi connectivity index (χ0v) is 11.9. The third-order valence-corrected chi connectivity index (χ3v) is 3.75. The molecule has 1 fully saturated rings. The number of likely N-dealkylation sites (tertiary alicyclic amines) is 1. The average Bonchev–Trinajstić information content (AvgIpc) is 2.39. The van der Waals surface area contributed by atoms with Crippen LogP contribution in [0.5, 0.6) is 0 Å².